The van der Waals surface area contributed by atoms with E-state index in [1.54, 1.807) is 55.9 Å². The highest BCUT2D eigenvalue weighted by Gasteiger charge is 2.11. The minimum atomic E-state index is -0.258. The van der Waals surface area contributed by atoms with Crippen molar-refractivity contribution in [2.24, 2.45) is 0 Å². The minimum absolute atomic E-state index is 0.0523. The summed E-state index contributed by atoms with van der Waals surface area (Å²) < 4.78 is 7.54. The molecule has 132 valence electrons. The van der Waals surface area contributed by atoms with Gasteiger partial charge in [-0.2, -0.15) is 0 Å². The predicted octanol–water partition coefficient (Wildman–Crippen LogP) is 3.98. The molecule has 0 saturated heterocycles. The van der Waals surface area contributed by atoms with E-state index < -0.39 is 0 Å². The fourth-order valence-corrected chi connectivity index (χ4v) is 3.35. The van der Waals surface area contributed by atoms with Gasteiger partial charge in [-0.15, -0.1) is 0 Å². The molecule has 3 rings (SSSR count). The van der Waals surface area contributed by atoms with E-state index in [1.807, 2.05) is 12.1 Å². The van der Waals surface area contributed by atoms with Crippen LogP contribution >= 0.6 is 27.7 Å². The Kier molecular flexibility index (Phi) is 5.90. The number of methoxy groups -OCH3 is 1. The van der Waals surface area contributed by atoms with Crippen molar-refractivity contribution in [3.8, 4) is 11.4 Å². The van der Waals surface area contributed by atoms with E-state index in [9.17, 15) is 9.59 Å². The first kappa shape index (κ1) is 18.4. The summed E-state index contributed by atoms with van der Waals surface area (Å²) in [7, 11) is 1.59. The first-order valence-corrected chi connectivity index (χ1v) is 9.50. The quantitative estimate of drug-likeness (QED) is 0.437. The van der Waals surface area contributed by atoms with Crippen LogP contribution in [0.5, 0.6) is 5.75 Å². The van der Waals surface area contributed by atoms with Crippen LogP contribution in [0, 0.1) is 0 Å². The van der Waals surface area contributed by atoms with Gasteiger partial charge in [-0.1, -0.05) is 39.8 Å². The molecule has 26 heavy (non-hydrogen) atoms. The van der Waals surface area contributed by atoms with Crippen molar-refractivity contribution >= 4 is 33.5 Å². The van der Waals surface area contributed by atoms with E-state index in [2.05, 4.69) is 20.9 Å². The second-order valence-corrected chi connectivity index (χ2v) is 7.20. The standard InChI is InChI=1S/C19H15BrN2O3S/c1-25-16-8-6-15(7-9-16)22-11-10-21-18(19(22)24)26-12-17(23)13-2-4-14(20)5-3-13/h2-11H,12H2,1H3. The number of nitrogens with zero attached hydrogens (tertiary/aromatic N) is 2. The number of Topliss-reactive ketones (excluding diaryl/α,β-unsaturated/α-hetero) is 1. The van der Waals surface area contributed by atoms with Crippen LogP contribution in [0.1, 0.15) is 10.4 Å². The molecule has 0 saturated carbocycles. The Morgan fingerprint density at radius 1 is 1.15 bits per heavy atom. The molecular formula is C19H15BrN2O3S. The molecule has 1 aromatic heterocycles. The van der Waals surface area contributed by atoms with E-state index in [-0.39, 0.29) is 22.1 Å². The number of thioether (sulfide) groups is 1. The number of carbonyl (C=O) groups is 1. The van der Waals surface area contributed by atoms with Crippen molar-refractivity contribution in [3.05, 3.63) is 81.3 Å². The third-order valence-electron chi connectivity index (χ3n) is 3.67. The lowest BCUT2D eigenvalue weighted by Gasteiger charge is -2.08. The summed E-state index contributed by atoms with van der Waals surface area (Å²) in [5.74, 6) is 0.811. The molecule has 0 aliphatic heterocycles. The lowest BCUT2D eigenvalue weighted by atomic mass is 10.2. The summed E-state index contributed by atoms with van der Waals surface area (Å²) in [5, 5.41) is 0.286. The summed E-state index contributed by atoms with van der Waals surface area (Å²) in [4.78, 5) is 29.1. The van der Waals surface area contributed by atoms with E-state index >= 15 is 0 Å². The monoisotopic (exact) mass is 430 g/mol. The van der Waals surface area contributed by atoms with Gasteiger partial charge in [-0.05, 0) is 36.4 Å². The lowest BCUT2D eigenvalue weighted by Crippen LogP contribution is -2.21. The van der Waals surface area contributed by atoms with Crippen molar-refractivity contribution < 1.29 is 9.53 Å². The number of ether oxygens (including phenoxy) is 1. The van der Waals surface area contributed by atoms with E-state index in [0.717, 1.165) is 16.2 Å². The largest absolute Gasteiger partial charge is 0.497 e. The van der Waals surface area contributed by atoms with Crippen molar-refractivity contribution in [1.29, 1.82) is 0 Å². The number of benzene rings is 2. The Morgan fingerprint density at radius 3 is 2.50 bits per heavy atom. The van der Waals surface area contributed by atoms with Crippen LogP contribution in [0.4, 0.5) is 0 Å². The average molecular weight is 431 g/mol. The maximum absolute atomic E-state index is 12.6. The molecule has 0 atom stereocenters. The van der Waals surface area contributed by atoms with Gasteiger partial charge in [0.25, 0.3) is 5.56 Å². The van der Waals surface area contributed by atoms with Gasteiger partial charge >= 0.3 is 0 Å². The van der Waals surface area contributed by atoms with Crippen molar-refractivity contribution in [2.75, 3.05) is 12.9 Å². The Balaban J connectivity index is 1.77. The van der Waals surface area contributed by atoms with E-state index in [0.29, 0.717) is 17.0 Å². The molecule has 5 nitrogen and oxygen atoms in total. The predicted molar refractivity (Wildman–Crippen MR) is 106 cm³/mol. The molecule has 3 aromatic rings. The summed E-state index contributed by atoms with van der Waals surface area (Å²) >= 11 is 4.48. The number of hydrogen-bond donors (Lipinski definition) is 0. The van der Waals surface area contributed by atoms with Gasteiger partial charge in [0.2, 0.25) is 0 Å². The molecule has 2 aromatic carbocycles. The molecular weight excluding hydrogens is 416 g/mol. The fraction of sp³-hybridized carbons (Fsp3) is 0.105. The molecule has 0 unspecified atom stereocenters. The second kappa shape index (κ2) is 8.33. The maximum atomic E-state index is 12.6. The maximum Gasteiger partial charge on any atom is 0.287 e. The zero-order valence-electron chi connectivity index (χ0n) is 13.9. The van der Waals surface area contributed by atoms with Gasteiger partial charge in [0, 0.05) is 28.1 Å². The number of halogens is 1. The van der Waals surface area contributed by atoms with Crippen LogP contribution in [-0.2, 0) is 0 Å². The van der Waals surface area contributed by atoms with E-state index in [1.165, 1.54) is 4.57 Å². The first-order valence-electron chi connectivity index (χ1n) is 7.72. The average Bonchev–Trinajstić information content (AvgIpc) is 2.67. The molecule has 0 spiro atoms. The Labute approximate surface area is 163 Å². The second-order valence-electron chi connectivity index (χ2n) is 5.32. The molecule has 0 amide bonds. The SMILES string of the molecule is COc1ccc(-n2ccnc(SCC(=O)c3ccc(Br)cc3)c2=O)cc1. The van der Waals surface area contributed by atoms with Crippen LogP contribution < -0.4 is 10.3 Å². The zero-order valence-corrected chi connectivity index (χ0v) is 16.3. The number of rotatable bonds is 6. The Morgan fingerprint density at radius 2 is 1.85 bits per heavy atom. The molecule has 0 aliphatic rings. The zero-order chi connectivity index (χ0) is 18.5. The molecule has 0 aliphatic carbocycles. The number of ketones is 1. The van der Waals surface area contributed by atoms with Gasteiger partial charge in [0.05, 0.1) is 12.9 Å². The number of carbonyl (C=O) groups excluding carboxylic acids is 1. The molecule has 0 N–H and O–H groups in total. The summed E-state index contributed by atoms with van der Waals surface area (Å²) in [6, 6.07) is 14.3. The van der Waals surface area contributed by atoms with Crippen LogP contribution in [-0.4, -0.2) is 28.2 Å². The Hall–Kier alpha value is -2.38. The smallest absolute Gasteiger partial charge is 0.287 e. The highest BCUT2D eigenvalue weighted by molar-refractivity contribution is 9.10. The minimum Gasteiger partial charge on any atom is -0.497 e. The van der Waals surface area contributed by atoms with Gasteiger partial charge in [0.15, 0.2) is 10.8 Å². The van der Waals surface area contributed by atoms with Gasteiger partial charge in [-0.25, -0.2) is 4.98 Å². The molecule has 0 radical (unpaired) electrons. The van der Waals surface area contributed by atoms with Crippen molar-refractivity contribution in [2.45, 2.75) is 5.03 Å². The normalized spacial score (nSPS) is 10.5. The van der Waals surface area contributed by atoms with Gasteiger partial charge < -0.3 is 4.74 Å². The van der Waals surface area contributed by atoms with Gasteiger partial charge in [-0.3, -0.25) is 14.2 Å². The highest BCUT2D eigenvalue weighted by Crippen LogP contribution is 2.17. The molecule has 1 heterocycles. The van der Waals surface area contributed by atoms with Gasteiger partial charge in [0.1, 0.15) is 5.75 Å². The summed E-state index contributed by atoms with van der Waals surface area (Å²) in [6.45, 7) is 0. The topological polar surface area (TPSA) is 61.2 Å². The van der Waals surface area contributed by atoms with Crippen LogP contribution in [0.2, 0.25) is 0 Å². The lowest BCUT2D eigenvalue weighted by molar-refractivity contribution is 0.102. The van der Waals surface area contributed by atoms with Crippen LogP contribution in [0.15, 0.2) is 75.2 Å². The van der Waals surface area contributed by atoms with Crippen LogP contribution in [0.25, 0.3) is 5.69 Å². The number of hydrogen-bond acceptors (Lipinski definition) is 5. The Bertz CT molecular complexity index is 969. The number of aromatic nitrogens is 2. The molecule has 0 fully saturated rings. The molecule has 0 bridgehead atoms. The summed E-state index contributed by atoms with van der Waals surface area (Å²) in [6.07, 6.45) is 3.16. The molecule has 7 heteroatoms. The third kappa shape index (κ3) is 4.23. The summed E-state index contributed by atoms with van der Waals surface area (Å²) in [5.41, 5.74) is 1.05. The third-order valence-corrected chi connectivity index (χ3v) is 5.15. The fourth-order valence-electron chi connectivity index (χ4n) is 2.29. The van der Waals surface area contributed by atoms with Crippen molar-refractivity contribution in [1.82, 2.24) is 9.55 Å². The highest BCUT2D eigenvalue weighted by atomic mass is 79.9. The first-order chi connectivity index (χ1) is 12.6. The van der Waals surface area contributed by atoms with Crippen molar-refractivity contribution in [3.63, 3.8) is 0 Å². The van der Waals surface area contributed by atoms with Crippen LogP contribution in [0.3, 0.4) is 0 Å². The van der Waals surface area contributed by atoms with E-state index in [4.69, 9.17) is 4.74 Å².